The number of para-hydroxylation sites is 1. The zero-order valence-electron chi connectivity index (χ0n) is 12.2. The lowest BCUT2D eigenvalue weighted by atomic mass is 10.0. The van der Waals surface area contributed by atoms with Crippen molar-refractivity contribution in [3.05, 3.63) is 54.0 Å². The van der Waals surface area contributed by atoms with Gasteiger partial charge in [-0.25, -0.2) is 4.98 Å². The monoisotopic (exact) mass is 282 g/mol. The van der Waals surface area contributed by atoms with E-state index in [4.69, 9.17) is 4.74 Å². The van der Waals surface area contributed by atoms with Crippen molar-refractivity contribution in [1.29, 1.82) is 0 Å². The van der Waals surface area contributed by atoms with Gasteiger partial charge in [-0.2, -0.15) is 0 Å². The Morgan fingerprint density at radius 3 is 2.76 bits per heavy atom. The van der Waals surface area contributed by atoms with Crippen molar-refractivity contribution in [3.8, 4) is 16.9 Å². The van der Waals surface area contributed by atoms with Gasteiger partial charge in [0, 0.05) is 23.5 Å². The van der Waals surface area contributed by atoms with Gasteiger partial charge in [-0.3, -0.25) is 0 Å². The van der Waals surface area contributed by atoms with Gasteiger partial charge < -0.3 is 14.2 Å². The van der Waals surface area contributed by atoms with Crippen LogP contribution in [-0.4, -0.2) is 21.1 Å². The van der Waals surface area contributed by atoms with Gasteiger partial charge in [0.15, 0.2) is 0 Å². The van der Waals surface area contributed by atoms with E-state index in [1.54, 1.807) is 0 Å². The van der Waals surface area contributed by atoms with Crippen LogP contribution in [0, 0.1) is 6.92 Å². The molecule has 2 heterocycles. The molecule has 0 radical (unpaired) electrons. The van der Waals surface area contributed by atoms with Crippen LogP contribution >= 0.6 is 0 Å². The molecular weight excluding hydrogens is 264 g/mol. The summed E-state index contributed by atoms with van der Waals surface area (Å²) in [5.41, 5.74) is 4.65. The molecule has 3 rings (SSSR count). The van der Waals surface area contributed by atoms with E-state index in [9.17, 15) is 5.11 Å². The quantitative estimate of drug-likeness (QED) is 0.799. The Morgan fingerprint density at radius 1 is 1.19 bits per heavy atom. The molecule has 3 aromatic rings. The summed E-state index contributed by atoms with van der Waals surface area (Å²) in [6.07, 6.45) is 3.86. The van der Waals surface area contributed by atoms with Crippen molar-refractivity contribution < 1.29 is 9.84 Å². The molecular formula is C17H18N2O2. The maximum absolute atomic E-state index is 9.31. The minimum atomic E-state index is -0.0622. The number of hydrogen-bond donors (Lipinski definition) is 1. The summed E-state index contributed by atoms with van der Waals surface area (Å²) in [4.78, 5) is 4.51. The normalized spacial score (nSPS) is 11.0. The van der Waals surface area contributed by atoms with Crippen molar-refractivity contribution in [2.45, 2.75) is 20.5 Å². The minimum Gasteiger partial charge on any atom is -0.493 e. The van der Waals surface area contributed by atoms with Gasteiger partial charge in [0.2, 0.25) is 0 Å². The van der Waals surface area contributed by atoms with Crippen molar-refractivity contribution in [3.63, 3.8) is 0 Å². The number of ether oxygens (including phenoxy) is 1. The highest BCUT2D eigenvalue weighted by molar-refractivity contribution is 5.82. The molecule has 0 fully saturated rings. The fourth-order valence-corrected chi connectivity index (χ4v) is 2.54. The second kappa shape index (κ2) is 5.58. The van der Waals surface area contributed by atoms with Crippen molar-refractivity contribution in [2.75, 3.05) is 6.61 Å². The van der Waals surface area contributed by atoms with E-state index in [0.29, 0.717) is 12.3 Å². The van der Waals surface area contributed by atoms with Gasteiger partial charge in [0.25, 0.3) is 0 Å². The third-order valence-corrected chi connectivity index (χ3v) is 3.38. The summed E-state index contributed by atoms with van der Waals surface area (Å²) in [5.74, 6) is 0.848. The smallest absolute Gasteiger partial charge is 0.145 e. The predicted molar refractivity (Wildman–Crippen MR) is 82.5 cm³/mol. The first kappa shape index (κ1) is 13.6. The average molecular weight is 282 g/mol. The summed E-state index contributed by atoms with van der Waals surface area (Å²) in [6, 6.07) is 10.1. The lowest BCUT2D eigenvalue weighted by Gasteiger charge is -2.11. The molecule has 4 heteroatoms. The van der Waals surface area contributed by atoms with E-state index in [1.165, 1.54) is 0 Å². The highest BCUT2D eigenvalue weighted by Gasteiger charge is 2.13. The lowest BCUT2D eigenvalue weighted by molar-refractivity contribution is 0.277. The number of aryl methyl sites for hydroxylation is 1. The van der Waals surface area contributed by atoms with E-state index in [0.717, 1.165) is 28.1 Å². The molecule has 108 valence electrons. The molecule has 0 aliphatic heterocycles. The molecule has 0 spiro atoms. The van der Waals surface area contributed by atoms with Gasteiger partial charge in [-0.15, -0.1) is 0 Å². The zero-order chi connectivity index (χ0) is 14.8. The number of benzene rings is 1. The summed E-state index contributed by atoms with van der Waals surface area (Å²) in [5, 5.41) is 9.31. The number of imidazole rings is 1. The standard InChI is InChI=1S/C17H18N2O2/c1-3-21-16-7-5-4-6-14(16)15-8-12(2)9-19-10-13(11-20)18-17(15)19/h4-10,20H,3,11H2,1-2H3. The number of aliphatic hydroxyl groups is 1. The van der Waals surface area contributed by atoms with Gasteiger partial charge in [0.05, 0.1) is 18.9 Å². The SMILES string of the molecule is CCOc1ccccc1-c1cc(C)cn2cc(CO)nc12. The van der Waals surface area contributed by atoms with Crippen LogP contribution in [0.5, 0.6) is 5.75 Å². The van der Waals surface area contributed by atoms with Gasteiger partial charge >= 0.3 is 0 Å². The lowest BCUT2D eigenvalue weighted by Crippen LogP contribution is -1.96. The van der Waals surface area contributed by atoms with Crippen LogP contribution in [0.25, 0.3) is 16.8 Å². The molecule has 0 aliphatic rings. The van der Waals surface area contributed by atoms with E-state index in [-0.39, 0.29) is 6.61 Å². The molecule has 0 saturated carbocycles. The minimum absolute atomic E-state index is 0.0622. The number of fused-ring (bicyclic) bond motifs is 1. The van der Waals surface area contributed by atoms with Gasteiger partial charge in [0.1, 0.15) is 11.4 Å². The van der Waals surface area contributed by atoms with Crippen molar-refractivity contribution in [1.82, 2.24) is 9.38 Å². The number of aliphatic hydroxyl groups excluding tert-OH is 1. The molecule has 0 unspecified atom stereocenters. The molecule has 0 amide bonds. The van der Waals surface area contributed by atoms with Gasteiger partial charge in [-0.05, 0) is 31.5 Å². The largest absolute Gasteiger partial charge is 0.493 e. The highest BCUT2D eigenvalue weighted by Crippen LogP contribution is 2.33. The molecule has 1 N–H and O–H groups in total. The third-order valence-electron chi connectivity index (χ3n) is 3.38. The van der Waals surface area contributed by atoms with Crippen LogP contribution in [0.3, 0.4) is 0 Å². The maximum atomic E-state index is 9.31. The van der Waals surface area contributed by atoms with Crippen LogP contribution in [0.1, 0.15) is 18.2 Å². The first-order chi connectivity index (χ1) is 10.2. The fourth-order valence-electron chi connectivity index (χ4n) is 2.54. The number of hydrogen-bond acceptors (Lipinski definition) is 3. The number of aromatic nitrogens is 2. The van der Waals surface area contributed by atoms with Crippen LogP contribution in [0.4, 0.5) is 0 Å². The number of nitrogens with zero attached hydrogens (tertiary/aromatic N) is 2. The van der Waals surface area contributed by atoms with E-state index in [2.05, 4.69) is 11.1 Å². The summed E-state index contributed by atoms with van der Waals surface area (Å²) >= 11 is 0. The van der Waals surface area contributed by atoms with Crippen LogP contribution in [0.15, 0.2) is 42.7 Å². The molecule has 0 atom stereocenters. The topological polar surface area (TPSA) is 46.8 Å². The molecule has 0 saturated heterocycles. The summed E-state index contributed by atoms with van der Waals surface area (Å²) < 4.78 is 7.68. The molecule has 4 nitrogen and oxygen atoms in total. The van der Waals surface area contributed by atoms with Crippen LogP contribution in [-0.2, 0) is 6.61 Å². The molecule has 21 heavy (non-hydrogen) atoms. The molecule has 2 aromatic heterocycles. The Hall–Kier alpha value is -2.33. The zero-order valence-corrected chi connectivity index (χ0v) is 12.2. The Kier molecular flexibility index (Phi) is 3.62. The first-order valence-corrected chi connectivity index (χ1v) is 7.04. The van der Waals surface area contributed by atoms with E-state index < -0.39 is 0 Å². The summed E-state index contributed by atoms with van der Waals surface area (Å²) in [6.45, 7) is 4.58. The summed E-state index contributed by atoms with van der Waals surface area (Å²) in [7, 11) is 0. The second-order valence-electron chi connectivity index (χ2n) is 4.98. The number of pyridine rings is 1. The average Bonchev–Trinajstić information content (AvgIpc) is 2.90. The molecule has 1 aromatic carbocycles. The van der Waals surface area contributed by atoms with Crippen LogP contribution < -0.4 is 4.74 Å². The fraction of sp³-hybridized carbons (Fsp3) is 0.235. The predicted octanol–water partition coefficient (Wildman–Crippen LogP) is 3.20. The molecule has 0 aliphatic carbocycles. The first-order valence-electron chi connectivity index (χ1n) is 7.04. The molecule has 0 bridgehead atoms. The van der Waals surface area contributed by atoms with E-state index in [1.807, 2.05) is 54.9 Å². The van der Waals surface area contributed by atoms with Crippen molar-refractivity contribution in [2.24, 2.45) is 0 Å². The van der Waals surface area contributed by atoms with Crippen molar-refractivity contribution >= 4 is 5.65 Å². The number of rotatable bonds is 4. The van der Waals surface area contributed by atoms with Gasteiger partial charge in [-0.1, -0.05) is 18.2 Å². The Bertz CT molecular complexity index is 778. The Labute approximate surface area is 123 Å². The van der Waals surface area contributed by atoms with Crippen LogP contribution in [0.2, 0.25) is 0 Å². The Balaban J connectivity index is 2.26. The van der Waals surface area contributed by atoms with E-state index >= 15 is 0 Å². The Morgan fingerprint density at radius 2 is 2.00 bits per heavy atom. The second-order valence-corrected chi connectivity index (χ2v) is 4.98. The third kappa shape index (κ3) is 2.50. The maximum Gasteiger partial charge on any atom is 0.145 e. The highest BCUT2D eigenvalue weighted by atomic mass is 16.5.